The summed E-state index contributed by atoms with van der Waals surface area (Å²) in [6.07, 6.45) is 0. The van der Waals surface area contributed by atoms with Crippen LogP contribution in [0.1, 0.15) is 37.7 Å². The van der Waals surface area contributed by atoms with Gasteiger partial charge < -0.3 is 15.2 Å². The van der Waals surface area contributed by atoms with E-state index in [9.17, 15) is 14.7 Å². The average Bonchev–Trinajstić information content (AvgIpc) is 2.80. The van der Waals surface area contributed by atoms with Crippen LogP contribution in [0.5, 0.6) is 5.75 Å². The quantitative estimate of drug-likeness (QED) is 0.814. The third-order valence-electron chi connectivity index (χ3n) is 3.95. The number of phenolic OH excluding ortho intramolecular Hbond substituents is 1. The van der Waals surface area contributed by atoms with Crippen LogP contribution in [-0.4, -0.2) is 40.4 Å². The minimum absolute atomic E-state index is 0.122. The maximum absolute atomic E-state index is 12.2. The SMILES string of the molecule is COC(=O)c1cc(O)cc(C(=O)NCCn2nc(C)c(C)c2C)c1. The number of aryl methyl sites for hydroxylation is 1. The lowest BCUT2D eigenvalue weighted by molar-refractivity contribution is 0.0600. The number of aromatic hydroxyl groups is 1. The number of amides is 1. The van der Waals surface area contributed by atoms with E-state index >= 15 is 0 Å². The molecule has 0 aliphatic carbocycles. The zero-order chi connectivity index (χ0) is 17.9. The summed E-state index contributed by atoms with van der Waals surface area (Å²) in [7, 11) is 1.24. The van der Waals surface area contributed by atoms with Crippen LogP contribution in [0, 0.1) is 20.8 Å². The molecule has 0 bridgehead atoms. The van der Waals surface area contributed by atoms with Gasteiger partial charge in [0.2, 0.25) is 0 Å². The Morgan fingerprint density at radius 3 is 2.46 bits per heavy atom. The number of nitrogens with zero attached hydrogens (tertiary/aromatic N) is 2. The van der Waals surface area contributed by atoms with Gasteiger partial charge in [0.05, 0.1) is 24.9 Å². The molecule has 0 aliphatic heterocycles. The molecule has 0 saturated heterocycles. The van der Waals surface area contributed by atoms with Gasteiger partial charge in [-0.3, -0.25) is 9.48 Å². The van der Waals surface area contributed by atoms with E-state index < -0.39 is 5.97 Å². The average molecular weight is 331 g/mol. The molecule has 0 spiro atoms. The smallest absolute Gasteiger partial charge is 0.338 e. The van der Waals surface area contributed by atoms with Crippen LogP contribution in [-0.2, 0) is 11.3 Å². The van der Waals surface area contributed by atoms with Crippen LogP contribution in [0.15, 0.2) is 18.2 Å². The van der Waals surface area contributed by atoms with Crippen molar-refractivity contribution in [3.63, 3.8) is 0 Å². The molecule has 2 N–H and O–H groups in total. The van der Waals surface area contributed by atoms with Crippen molar-refractivity contribution in [1.82, 2.24) is 15.1 Å². The predicted octanol–water partition coefficient (Wildman–Crippen LogP) is 1.73. The number of ether oxygens (including phenoxy) is 1. The number of aromatic nitrogens is 2. The summed E-state index contributed by atoms with van der Waals surface area (Å²) in [5.41, 5.74) is 3.48. The fourth-order valence-electron chi connectivity index (χ4n) is 2.36. The Labute approximate surface area is 140 Å². The number of methoxy groups -OCH3 is 1. The molecule has 0 radical (unpaired) electrons. The molecule has 7 heteroatoms. The van der Waals surface area contributed by atoms with Crippen LogP contribution in [0.4, 0.5) is 0 Å². The van der Waals surface area contributed by atoms with Crippen molar-refractivity contribution in [2.24, 2.45) is 0 Å². The number of nitrogens with one attached hydrogen (secondary N) is 1. The molecule has 1 amide bonds. The highest BCUT2D eigenvalue weighted by Crippen LogP contribution is 2.16. The van der Waals surface area contributed by atoms with Crippen LogP contribution in [0.25, 0.3) is 0 Å². The minimum atomic E-state index is -0.613. The molecule has 0 unspecified atom stereocenters. The van der Waals surface area contributed by atoms with Gasteiger partial charge in [-0.2, -0.15) is 5.10 Å². The number of benzene rings is 1. The lowest BCUT2D eigenvalue weighted by Crippen LogP contribution is -2.28. The zero-order valence-electron chi connectivity index (χ0n) is 14.2. The van der Waals surface area contributed by atoms with Gasteiger partial charge in [0, 0.05) is 17.8 Å². The second kappa shape index (κ2) is 7.16. The monoisotopic (exact) mass is 331 g/mol. The highest BCUT2D eigenvalue weighted by atomic mass is 16.5. The van der Waals surface area contributed by atoms with Crippen LogP contribution in [0.3, 0.4) is 0 Å². The fourth-order valence-corrected chi connectivity index (χ4v) is 2.36. The van der Waals surface area contributed by atoms with Crippen LogP contribution >= 0.6 is 0 Å². The second-order valence-corrected chi connectivity index (χ2v) is 5.54. The summed E-state index contributed by atoms with van der Waals surface area (Å²) < 4.78 is 6.44. The summed E-state index contributed by atoms with van der Waals surface area (Å²) in [5.74, 6) is -1.16. The van der Waals surface area contributed by atoms with E-state index in [2.05, 4.69) is 15.2 Å². The van der Waals surface area contributed by atoms with Gasteiger partial charge in [-0.1, -0.05) is 0 Å². The summed E-state index contributed by atoms with van der Waals surface area (Å²) in [6, 6.07) is 3.94. The van der Waals surface area contributed by atoms with Crippen LogP contribution in [0.2, 0.25) is 0 Å². The number of carbonyl (C=O) groups excluding carboxylic acids is 2. The first-order valence-corrected chi connectivity index (χ1v) is 7.54. The number of hydrogen-bond donors (Lipinski definition) is 2. The van der Waals surface area contributed by atoms with Gasteiger partial charge in [-0.05, 0) is 44.5 Å². The normalized spacial score (nSPS) is 10.5. The zero-order valence-corrected chi connectivity index (χ0v) is 14.2. The van der Waals surface area contributed by atoms with Crippen molar-refractivity contribution >= 4 is 11.9 Å². The summed E-state index contributed by atoms with van der Waals surface area (Å²) >= 11 is 0. The Morgan fingerprint density at radius 1 is 1.21 bits per heavy atom. The maximum atomic E-state index is 12.2. The lowest BCUT2D eigenvalue weighted by atomic mass is 10.1. The first-order valence-electron chi connectivity index (χ1n) is 7.54. The fraction of sp³-hybridized carbons (Fsp3) is 0.353. The van der Waals surface area contributed by atoms with E-state index in [4.69, 9.17) is 0 Å². The van der Waals surface area contributed by atoms with Crippen molar-refractivity contribution in [2.45, 2.75) is 27.3 Å². The number of rotatable bonds is 5. The number of phenols is 1. The number of esters is 1. The summed E-state index contributed by atoms with van der Waals surface area (Å²) in [5, 5.41) is 16.8. The highest BCUT2D eigenvalue weighted by molar-refractivity contribution is 5.98. The van der Waals surface area contributed by atoms with E-state index in [0.717, 1.165) is 17.0 Å². The Kier molecular flexibility index (Phi) is 5.23. The van der Waals surface area contributed by atoms with Crippen molar-refractivity contribution in [3.8, 4) is 5.75 Å². The van der Waals surface area contributed by atoms with E-state index in [1.54, 1.807) is 0 Å². The van der Waals surface area contributed by atoms with Gasteiger partial charge in [0.15, 0.2) is 0 Å². The topological polar surface area (TPSA) is 93.5 Å². The number of hydrogen-bond acceptors (Lipinski definition) is 5. The molecule has 1 heterocycles. The van der Waals surface area contributed by atoms with Crippen molar-refractivity contribution < 1.29 is 19.4 Å². The van der Waals surface area contributed by atoms with Crippen molar-refractivity contribution in [2.75, 3.05) is 13.7 Å². The van der Waals surface area contributed by atoms with Crippen LogP contribution < -0.4 is 5.32 Å². The Morgan fingerprint density at radius 2 is 1.88 bits per heavy atom. The third-order valence-corrected chi connectivity index (χ3v) is 3.95. The predicted molar refractivity (Wildman–Crippen MR) is 88.2 cm³/mol. The van der Waals surface area contributed by atoms with Gasteiger partial charge in [0.25, 0.3) is 5.91 Å². The Hall–Kier alpha value is -2.83. The lowest BCUT2D eigenvalue weighted by Gasteiger charge is -2.09. The van der Waals surface area contributed by atoms with Gasteiger partial charge in [-0.25, -0.2) is 4.79 Å². The second-order valence-electron chi connectivity index (χ2n) is 5.54. The van der Waals surface area contributed by atoms with Gasteiger partial charge in [-0.15, -0.1) is 0 Å². The molecule has 2 rings (SSSR count). The van der Waals surface area contributed by atoms with Crippen molar-refractivity contribution in [3.05, 3.63) is 46.3 Å². The van der Waals surface area contributed by atoms with E-state index in [1.165, 1.54) is 25.3 Å². The van der Waals surface area contributed by atoms with Crippen molar-refractivity contribution in [1.29, 1.82) is 0 Å². The van der Waals surface area contributed by atoms with E-state index in [-0.39, 0.29) is 22.8 Å². The Balaban J connectivity index is 2.03. The molecule has 0 saturated carbocycles. The standard InChI is InChI=1S/C17H21N3O4/c1-10-11(2)19-20(12(10)3)6-5-18-16(22)13-7-14(17(23)24-4)9-15(21)8-13/h7-9,21H,5-6H2,1-4H3,(H,18,22). The van der Waals surface area contributed by atoms with E-state index in [0.29, 0.717) is 13.1 Å². The number of carbonyl (C=O) groups is 2. The molecular formula is C17H21N3O4. The molecule has 0 aliphatic rings. The molecular weight excluding hydrogens is 310 g/mol. The Bertz CT molecular complexity index is 780. The van der Waals surface area contributed by atoms with E-state index in [1.807, 2.05) is 25.5 Å². The first-order chi connectivity index (χ1) is 11.3. The molecule has 7 nitrogen and oxygen atoms in total. The summed E-state index contributed by atoms with van der Waals surface area (Å²) in [4.78, 5) is 23.7. The molecule has 2 aromatic rings. The molecule has 128 valence electrons. The van der Waals surface area contributed by atoms with Gasteiger partial charge >= 0.3 is 5.97 Å². The molecule has 1 aromatic heterocycles. The minimum Gasteiger partial charge on any atom is -0.508 e. The molecule has 0 fully saturated rings. The third kappa shape index (κ3) is 3.73. The molecule has 24 heavy (non-hydrogen) atoms. The van der Waals surface area contributed by atoms with Gasteiger partial charge in [0.1, 0.15) is 5.75 Å². The summed E-state index contributed by atoms with van der Waals surface area (Å²) in [6.45, 7) is 6.85. The molecule has 0 atom stereocenters. The maximum Gasteiger partial charge on any atom is 0.338 e. The first kappa shape index (κ1) is 17.5. The highest BCUT2D eigenvalue weighted by Gasteiger charge is 2.13. The molecule has 1 aromatic carbocycles. The largest absolute Gasteiger partial charge is 0.508 e.